The van der Waals surface area contributed by atoms with Gasteiger partial charge in [0.15, 0.2) is 5.69 Å². The number of ether oxygens (including phenoxy) is 1. The Balaban J connectivity index is 2.02. The summed E-state index contributed by atoms with van der Waals surface area (Å²) in [4.78, 5) is 26.9. The molecule has 0 spiro atoms. The number of amides is 1. The fourth-order valence-corrected chi connectivity index (χ4v) is 3.13. The van der Waals surface area contributed by atoms with E-state index in [9.17, 15) is 9.59 Å². The molecule has 1 aromatic carbocycles. The summed E-state index contributed by atoms with van der Waals surface area (Å²) in [6, 6.07) is 8.98. The Morgan fingerprint density at radius 3 is 2.64 bits per heavy atom. The first-order chi connectivity index (χ1) is 12.0. The van der Waals surface area contributed by atoms with E-state index in [-0.39, 0.29) is 11.6 Å². The SMILES string of the molecule is COc1cc(=O)c(C(=O)N2CCCC(C)C2)nn1-c1ccc(C)cc1. The molecule has 1 unspecified atom stereocenters. The molecule has 1 aromatic heterocycles. The van der Waals surface area contributed by atoms with Crippen molar-refractivity contribution in [1.29, 1.82) is 0 Å². The number of hydrogen-bond acceptors (Lipinski definition) is 4. The molecular formula is C19H23N3O3. The maximum atomic E-state index is 12.8. The van der Waals surface area contributed by atoms with E-state index in [4.69, 9.17) is 4.74 Å². The van der Waals surface area contributed by atoms with Gasteiger partial charge in [0.2, 0.25) is 11.3 Å². The van der Waals surface area contributed by atoms with Crippen LogP contribution in [0.15, 0.2) is 35.1 Å². The van der Waals surface area contributed by atoms with E-state index in [1.54, 1.807) is 4.90 Å². The molecule has 1 saturated heterocycles. The third kappa shape index (κ3) is 3.57. The molecule has 6 heteroatoms. The van der Waals surface area contributed by atoms with Crippen molar-refractivity contribution in [1.82, 2.24) is 14.7 Å². The number of nitrogens with zero attached hydrogens (tertiary/aromatic N) is 3. The normalized spacial score (nSPS) is 17.4. The number of aryl methyl sites for hydroxylation is 1. The monoisotopic (exact) mass is 341 g/mol. The average molecular weight is 341 g/mol. The highest BCUT2D eigenvalue weighted by Crippen LogP contribution is 2.19. The largest absolute Gasteiger partial charge is 0.481 e. The summed E-state index contributed by atoms with van der Waals surface area (Å²) < 4.78 is 6.79. The molecule has 3 rings (SSSR count). The minimum atomic E-state index is -0.413. The first-order valence-corrected chi connectivity index (χ1v) is 8.54. The molecule has 1 aliphatic rings. The smallest absolute Gasteiger partial charge is 0.278 e. The van der Waals surface area contributed by atoms with Crippen LogP contribution in [-0.4, -0.2) is 40.8 Å². The lowest BCUT2D eigenvalue weighted by molar-refractivity contribution is 0.0673. The number of carbonyl (C=O) groups excluding carboxylic acids is 1. The highest BCUT2D eigenvalue weighted by molar-refractivity contribution is 5.92. The third-order valence-corrected chi connectivity index (χ3v) is 4.53. The Morgan fingerprint density at radius 2 is 2.00 bits per heavy atom. The van der Waals surface area contributed by atoms with Gasteiger partial charge < -0.3 is 9.64 Å². The third-order valence-electron chi connectivity index (χ3n) is 4.53. The Kier molecular flexibility index (Phi) is 4.88. The van der Waals surface area contributed by atoms with Crippen molar-refractivity contribution in [3.8, 4) is 11.6 Å². The van der Waals surface area contributed by atoms with Gasteiger partial charge in [-0.3, -0.25) is 9.59 Å². The van der Waals surface area contributed by atoms with Crippen LogP contribution < -0.4 is 10.2 Å². The van der Waals surface area contributed by atoms with Crippen LogP contribution in [0.4, 0.5) is 0 Å². The second-order valence-electron chi connectivity index (χ2n) is 6.65. The number of carbonyl (C=O) groups is 1. The average Bonchev–Trinajstić information content (AvgIpc) is 2.61. The lowest BCUT2D eigenvalue weighted by Gasteiger charge is -2.30. The molecule has 0 saturated carbocycles. The van der Waals surface area contributed by atoms with E-state index in [1.165, 1.54) is 17.9 Å². The van der Waals surface area contributed by atoms with E-state index in [2.05, 4.69) is 12.0 Å². The summed E-state index contributed by atoms with van der Waals surface area (Å²) in [6.45, 7) is 5.44. The zero-order valence-corrected chi connectivity index (χ0v) is 14.9. The molecule has 0 N–H and O–H groups in total. The van der Waals surface area contributed by atoms with E-state index in [1.807, 2.05) is 31.2 Å². The van der Waals surface area contributed by atoms with Crippen LogP contribution in [0.1, 0.15) is 35.8 Å². The summed E-state index contributed by atoms with van der Waals surface area (Å²) in [7, 11) is 1.48. The van der Waals surface area contributed by atoms with Crippen molar-refractivity contribution in [2.75, 3.05) is 20.2 Å². The van der Waals surface area contributed by atoms with Crippen molar-refractivity contribution in [3.63, 3.8) is 0 Å². The van der Waals surface area contributed by atoms with Gasteiger partial charge in [-0.05, 0) is 37.8 Å². The molecule has 0 bridgehead atoms. The number of piperidine rings is 1. The van der Waals surface area contributed by atoms with Crippen LogP contribution in [0.5, 0.6) is 5.88 Å². The molecule has 1 fully saturated rings. The summed E-state index contributed by atoms with van der Waals surface area (Å²) >= 11 is 0. The minimum Gasteiger partial charge on any atom is -0.481 e. The van der Waals surface area contributed by atoms with Gasteiger partial charge in [0.25, 0.3) is 5.91 Å². The first kappa shape index (κ1) is 17.2. The van der Waals surface area contributed by atoms with Gasteiger partial charge in [-0.2, -0.15) is 5.10 Å². The van der Waals surface area contributed by atoms with Crippen molar-refractivity contribution in [3.05, 3.63) is 51.8 Å². The number of rotatable bonds is 3. The van der Waals surface area contributed by atoms with Gasteiger partial charge in [0.05, 0.1) is 18.9 Å². The first-order valence-electron chi connectivity index (χ1n) is 8.54. The molecular weight excluding hydrogens is 318 g/mol. The van der Waals surface area contributed by atoms with E-state index in [0.717, 1.165) is 24.1 Å². The molecule has 1 amide bonds. The van der Waals surface area contributed by atoms with Crippen LogP contribution in [0.25, 0.3) is 5.69 Å². The lowest BCUT2D eigenvalue weighted by atomic mass is 10.00. The van der Waals surface area contributed by atoms with Gasteiger partial charge in [0, 0.05) is 13.1 Å². The Hall–Kier alpha value is -2.63. The van der Waals surface area contributed by atoms with E-state index >= 15 is 0 Å². The fraction of sp³-hybridized carbons (Fsp3) is 0.421. The highest BCUT2D eigenvalue weighted by atomic mass is 16.5. The number of likely N-dealkylation sites (tertiary alicyclic amines) is 1. The van der Waals surface area contributed by atoms with Crippen LogP contribution in [0, 0.1) is 12.8 Å². The lowest BCUT2D eigenvalue weighted by Crippen LogP contribution is -2.41. The van der Waals surface area contributed by atoms with Gasteiger partial charge >= 0.3 is 0 Å². The minimum absolute atomic E-state index is 0.0597. The molecule has 2 heterocycles. The molecule has 0 aliphatic carbocycles. The van der Waals surface area contributed by atoms with Crippen LogP contribution >= 0.6 is 0 Å². The van der Waals surface area contributed by atoms with Crippen molar-refractivity contribution < 1.29 is 9.53 Å². The molecule has 0 radical (unpaired) electrons. The van der Waals surface area contributed by atoms with Gasteiger partial charge in [0.1, 0.15) is 0 Å². The second kappa shape index (κ2) is 7.09. The van der Waals surface area contributed by atoms with Crippen LogP contribution in [-0.2, 0) is 0 Å². The van der Waals surface area contributed by atoms with Crippen LogP contribution in [0.2, 0.25) is 0 Å². The van der Waals surface area contributed by atoms with E-state index in [0.29, 0.717) is 24.9 Å². The van der Waals surface area contributed by atoms with Crippen LogP contribution in [0.3, 0.4) is 0 Å². The topological polar surface area (TPSA) is 64.4 Å². The quantitative estimate of drug-likeness (QED) is 0.860. The summed E-state index contributed by atoms with van der Waals surface area (Å²) in [5.41, 5.74) is 1.38. The molecule has 2 aromatic rings. The van der Waals surface area contributed by atoms with Crippen molar-refractivity contribution >= 4 is 5.91 Å². The Morgan fingerprint density at radius 1 is 1.28 bits per heavy atom. The zero-order chi connectivity index (χ0) is 18.0. The van der Waals surface area contributed by atoms with E-state index < -0.39 is 5.43 Å². The maximum absolute atomic E-state index is 12.8. The molecule has 25 heavy (non-hydrogen) atoms. The molecule has 6 nitrogen and oxygen atoms in total. The van der Waals surface area contributed by atoms with Gasteiger partial charge in [-0.15, -0.1) is 0 Å². The number of benzene rings is 1. The Labute approximate surface area is 147 Å². The molecule has 132 valence electrons. The summed E-state index contributed by atoms with van der Waals surface area (Å²) in [5.74, 6) is 0.438. The number of methoxy groups -OCH3 is 1. The zero-order valence-electron chi connectivity index (χ0n) is 14.9. The standard InChI is InChI=1S/C19H23N3O3/c1-13-6-8-15(9-7-13)22-17(25-3)11-16(23)18(20-22)19(24)21-10-4-5-14(2)12-21/h6-9,11,14H,4-5,10,12H2,1-3H3. The molecule has 1 atom stereocenters. The highest BCUT2D eigenvalue weighted by Gasteiger charge is 2.26. The molecule has 1 aliphatic heterocycles. The fourth-order valence-electron chi connectivity index (χ4n) is 3.13. The summed E-state index contributed by atoms with van der Waals surface area (Å²) in [6.07, 6.45) is 2.06. The second-order valence-corrected chi connectivity index (χ2v) is 6.65. The number of aromatic nitrogens is 2. The van der Waals surface area contributed by atoms with Crippen molar-refractivity contribution in [2.24, 2.45) is 5.92 Å². The van der Waals surface area contributed by atoms with Crippen molar-refractivity contribution in [2.45, 2.75) is 26.7 Å². The summed E-state index contributed by atoms with van der Waals surface area (Å²) in [5, 5.41) is 4.33. The predicted octanol–water partition coefficient (Wildman–Crippen LogP) is 2.42. The maximum Gasteiger partial charge on any atom is 0.278 e. The number of hydrogen-bond donors (Lipinski definition) is 0. The Bertz CT molecular complexity index is 827. The van der Waals surface area contributed by atoms with Gasteiger partial charge in [-0.25, -0.2) is 4.68 Å². The predicted molar refractivity (Wildman–Crippen MR) is 95.4 cm³/mol. The van der Waals surface area contributed by atoms with Gasteiger partial charge in [-0.1, -0.05) is 24.6 Å².